The topological polar surface area (TPSA) is 108 Å². The van der Waals surface area contributed by atoms with Crippen LogP contribution in [-0.2, 0) is 6.54 Å². The van der Waals surface area contributed by atoms with E-state index in [4.69, 9.17) is 5.73 Å². The second-order valence-electron chi connectivity index (χ2n) is 6.68. The number of hydrogen-bond acceptors (Lipinski definition) is 7. The summed E-state index contributed by atoms with van der Waals surface area (Å²) in [5, 5.41) is 11.9. The quantitative estimate of drug-likeness (QED) is 0.571. The molecule has 0 aliphatic carbocycles. The van der Waals surface area contributed by atoms with Crippen molar-refractivity contribution in [1.29, 1.82) is 0 Å². The van der Waals surface area contributed by atoms with Crippen LogP contribution in [0.2, 0.25) is 0 Å². The molecule has 3 aromatic heterocycles. The van der Waals surface area contributed by atoms with Crippen molar-refractivity contribution in [2.45, 2.75) is 12.6 Å². The molecule has 8 heteroatoms. The molecular formula is C20H18N8. The molecule has 0 radical (unpaired) electrons. The Balaban J connectivity index is 1.48. The fraction of sp³-hybridized carbons (Fsp3) is 0.150. The molecule has 1 aliphatic rings. The molecule has 0 saturated heterocycles. The minimum Gasteiger partial charge on any atom is -0.368 e. The summed E-state index contributed by atoms with van der Waals surface area (Å²) < 4.78 is 0. The maximum atomic E-state index is 5.77. The van der Waals surface area contributed by atoms with Gasteiger partial charge in [0.2, 0.25) is 5.95 Å². The van der Waals surface area contributed by atoms with Crippen LogP contribution >= 0.6 is 0 Å². The summed E-state index contributed by atoms with van der Waals surface area (Å²) in [5.74, 6) is 0.242. The van der Waals surface area contributed by atoms with Crippen molar-refractivity contribution in [2.24, 2.45) is 10.3 Å². The predicted octanol–water partition coefficient (Wildman–Crippen LogP) is 3.53. The summed E-state index contributed by atoms with van der Waals surface area (Å²) in [6.07, 6.45) is 5.35. The molecule has 28 heavy (non-hydrogen) atoms. The van der Waals surface area contributed by atoms with Crippen LogP contribution in [0.1, 0.15) is 17.2 Å². The van der Waals surface area contributed by atoms with E-state index in [9.17, 15) is 0 Å². The molecule has 5 rings (SSSR count). The van der Waals surface area contributed by atoms with Crippen molar-refractivity contribution in [1.82, 2.24) is 24.9 Å². The van der Waals surface area contributed by atoms with E-state index in [2.05, 4.69) is 42.4 Å². The van der Waals surface area contributed by atoms with Gasteiger partial charge in [-0.1, -0.05) is 35.6 Å². The highest BCUT2D eigenvalue weighted by Crippen LogP contribution is 2.36. The number of H-pyrrole nitrogens is 1. The molecule has 0 spiro atoms. The first-order valence-electron chi connectivity index (χ1n) is 9.02. The van der Waals surface area contributed by atoms with Crippen LogP contribution < -0.4 is 5.73 Å². The van der Waals surface area contributed by atoms with Crippen LogP contribution in [-0.4, -0.2) is 31.5 Å². The van der Waals surface area contributed by atoms with E-state index in [1.165, 1.54) is 5.56 Å². The maximum absolute atomic E-state index is 5.77. The van der Waals surface area contributed by atoms with E-state index in [1.54, 1.807) is 12.4 Å². The number of rotatable bonds is 4. The SMILES string of the molecule is Nc1nccc(-c2c[nH]c3nccc(C4CN(Cc5ccccc5)N=N4)c23)n1. The van der Waals surface area contributed by atoms with Gasteiger partial charge < -0.3 is 10.7 Å². The van der Waals surface area contributed by atoms with Gasteiger partial charge in [0.15, 0.2) is 0 Å². The third-order valence-electron chi connectivity index (χ3n) is 4.82. The molecule has 1 atom stereocenters. The van der Waals surface area contributed by atoms with Crippen molar-refractivity contribution in [3.63, 3.8) is 0 Å². The molecule has 0 bridgehead atoms. The molecule has 0 saturated carbocycles. The highest BCUT2D eigenvalue weighted by Gasteiger charge is 2.25. The fourth-order valence-electron chi connectivity index (χ4n) is 3.54. The lowest BCUT2D eigenvalue weighted by Gasteiger charge is -2.14. The van der Waals surface area contributed by atoms with Crippen LogP contribution in [0.25, 0.3) is 22.3 Å². The number of pyridine rings is 1. The molecule has 0 amide bonds. The molecule has 4 aromatic rings. The Hall–Kier alpha value is -3.81. The molecule has 138 valence electrons. The fourth-order valence-corrected chi connectivity index (χ4v) is 3.54. The lowest BCUT2D eigenvalue weighted by atomic mass is 10.0. The van der Waals surface area contributed by atoms with Crippen LogP contribution in [0, 0.1) is 0 Å². The van der Waals surface area contributed by atoms with Gasteiger partial charge in [0, 0.05) is 29.5 Å². The third kappa shape index (κ3) is 2.94. The van der Waals surface area contributed by atoms with Crippen molar-refractivity contribution in [2.75, 3.05) is 12.3 Å². The Labute approximate surface area is 161 Å². The van der Waals surface area contributed by atoms with E-state index in [0.717, 1.165) is 34.4 Å². The van der Waals surface area contributed by atoms with Crippen molar-refractivity contribution in [3.05, 3.63) is 72.2 Å². The largest absolute Gasteiger partial charge is 0.368 e. The zero-order valence-corrected chi connectivity index (χ0v) is 15.0. The monoisotopic (exact) mass is 370 g/mol. The number of nitrogens with zero attached hydrogens (tertiary/aromatic N) is 6. The maximum Gasteiger partial charge on any atom is 0.220 e. The summed E-state index contributed by atoms with van der Waals surface area (Å²) in [4.78, 5) is 16.0. The minimum absolute atomic E-state index is 0.0667. The van der Waals surface area contributed by atoms with Crippen LogP contribution in [0.15, 0.2) is 71.4 Å². The first kappa shape index (κ1) is 16.4. The first-order valence-corrected chi connectivity index (χ1v) is 9.02. The van der Waals surface area contributed by atoms with Gasteiger partial charge in [-0.3, -0.25) is 5.01 Å². The lowest BCUT2D eigenvalue weighted by Crippen LogP contribution is -2.17. The van der Waals surface area contributed by atoms with Gasteiger partial charge in [-0.15, -0.1) is 0 Å². The Bertz CT molecular complexity index is 1150. The van der Waals surface area contributed by atoms with E-state index in [0.29, 0.717) is 6.54 Å². The second-order valence-corrected chi connectivity index (χ2v) is 6.68. The summed E-state index contributed by atoms with van der Waals surface area (Å²) in [6, 6.07) is 14.0. The lowest BCUT2D eigenvalue weighted by molar-refractivity contribution is 0.301. The predicted molar refractivity (Wildman–Crippen MR) is 106 cm³/mol. The van der Waals surface area contributed by atoms with Gasteiger partial charge in [0.25, 0.3) is 0 Å². The van der Waals surface area contributed by atoms with Gasteiger partial charge in [-0.2, -0.15) is 5.11 Å². The molecule has 1 aromatic carbocycles. The summed E-state index contributed by atoms with van der Waals surface area (Å²) in [6.45, 7) is 1.45. The number of aromatic nitrogens is 4. The molecule has 8 nitrogen and oxygen atoms in total. The number of nitrogen functional groups attached to an aromatic ring is 1. The average Bonchev–Trinajstić information content (AvgIpc) is 3.36. The zero-order chi connectivity index (χ0) is 18.9. The molecule has 1 unspecified atom stereocenters. The summed E-state index contributed by atoms with van der Waals surface area (Å²) in [7, 11) is 0. The first-order chi connectivity index (χ1) is 13.8. The number of nitrogens with two attached hydrogens (primary N) is 1. The Morgan fingerprint density at radius 2 is 1.93 bits per heavy atom. The van der Waals surface area contributed by atoms with Gasteiger partial charge in [0.05, 0.1) is 18.8 Å². The van der Waals surface area contributed by atoms with Crippen molar-refractivity contribution in [3.8, 4) is 11.3 Å². The number of nitrogens with one attached hydrogen (secondary N) is 1. The number of anilines is 1. The van der Waals surface area contributed by atoms with Crippen LogP contribution in [0.4, 0.5) is 5.95 Å². The molecule has 4 heterocycles. The summed E-state index contributed by atoms with van der Waals surface area (Å²) in [5.41, 5.74) is 10.5. The van der Waals surface area contributed by atoms with Crippen LogP contribution in [0.5, 0.6) is 0 Å². The van der Waals surface area contributed by atoms with Crippen molar-refractivity contribution < 1.29 is 0 Å². The molecular weight excluding hydrogens is 352 g/mol. The minimum atomic E-state index is -0.0667. The number of benzene rings is 1. The number of hydrogen-bond donors (Lipinski definition) is 2. The van der Waals surface area contributed by atoms with Gasteiger partial charge in [0.1, 0.15) is 11.7 Å². The number of fused-ring (bicyclic) bond motifs is 1. The summed E-state index contributed by atoms with van der Waals surface area (Å²) >= 11 is 0. The van der Waals surface area contributed by atoms with E-state index in [1.807, 2.05) is 41.5 Å². The normalized spacial score (nSPS) is 16.1. The highest BCUT2D eigenvalue weighted by atomic mass is 15.6. The van der Waals surface area contributed by atoms with Gasteiger partial charge >= 0.3 is 0 Å². The molecule has 0 fully saturated rings. The zero-order valence-electron chi connectivity index (χ0n) is 15.0. The highest BCUT2D eigenvalue weighted by molar-refractivity contribution is 5.95. The standard InChI is InChI=1S/C20H18N8/c21-20-23-9-7-16(25-20)15-10-24-19-18(15)14(6-8-22-19)17-12-28(27-26-17)11-13-4-2-1-3-5-13/h1-10,17H,11-12H2,(H,22,24)(H2,21,23,25). The van der Waals surface area contributed by atoms with Crippen molar-refractivity contribution >= 4 is 17.0 Å². The third-order valence-corrected chi connectivity index (χ3v) is 4.82. The van der Waals surface area contributed by atoms with Crippen LogP contribution in [0.3, 0.4) is 0 Å². The van der Waals surface area contributed by atoms with E-state index >= 15 is 0 Å². The Kier molecular flexibility index (Phi) is 3.93. The average molecular weight is 370 g/mol. The molecule has 3 N–H and O–H groups in total. The molecule has 1 aliphatic heterocycles. The van der Waals surface area contributed by atoms with E-state index in [-0.39, 0.29) is 12.0 Å². The number of aromatic amines is 1. The van der Waals surface area contributed by atoms with Gasteiger partial charge in [-0.05, 0) is 23.3 Å². The Morgan fingerprint density at radius 1 is 1.07 bits per heavy atom. The van der Waals surface area contributed by atoms with E-state index < -0.39 is 0 Å². The Morgan fingerprint density at radius 3 is 2.79 bits per heavy atom. The smallest absolute Gasteiger partial charge is 0.220 e. The second kappa shape index (κ2) is 6.73. The van der Waals surface area contributed by atoms with Gasteiger partial charge in [-0.25, -0.2) is 15.0 Å².